The standard InChI is InChI=1S/C58H78N4O22S4/c1-13-59-35-27-76-42(26-39(35)72-7)81-51-48(65)46(62-84-44-25-37(64)52(85-11)30(4)78-44)28(2)79-56(51)80-38-18-16-14-15-17-20-58(70)33(19-21-87-88-86-12)45(38)47(61-57(69)75-10)49(66)53(58)82-43-24-36(63)50(29(3)77-43)83-55(68)32-22-40(73-8)41(74-9)23-34(32)60-54(67)31(5)71-6/h14-15,19,22-23,28-30,35-39,42-44,46,48,50-53,56,59,62-65,70H,5,13,21,24-27H2,1-4,6-12H3,(H,60,67)(H,61,69)/b15-14-,33-19?/t28?,29?,30?,35?,36?,37?,38-,39?,42?,43?,44?,46?,48?,50?,51?,52?,53?,56?,58+/m0/s1. The van der Waals surface area contributed by atoms with Gasteiger partial charge in [0, 0.05) is 55.4 Å². The third kappa shape index (κ3) is 16.9. The fourth-order valence-electron chi connectivity index (χ4n) is 10.7. The molecule has 0 saturated carbocycles. The highest BCUT2D eigenvalue weighted by molar-refractivity contribution is 9.09. The number of aliphatic hydroxyl groups is 4. The molecule has 0 spiro atoms. The van der Waals surface area contributed by atoms with Crippen molar-refractivity contribution in [2.45, 2.75) is 162 Å². The SMILES string of the molecule is C=C(OC)C(=O)Nc1cc(OC)c(OC)cc1C(=O)OC1C(O)CC(OC2C(=O)C(NC(=O)OC)=C3C(=CCSSSC)[C@]2(O)C#C/C=C\C#C[C@@H]3OC2OC(C)C(NOC3CC(O)C(SC)C(C)O3)C(O)C2OC2CC(OC)C(NCC)CO2)OC1C. The molecule has 7 rings (SSSR count). The number of hydrogen-bond donors (Lipinski definition) is 8. The number of ketones is 1. The van der Waals surface area contributed by atoms with Crippen molar-refractivity contribution in [2.24, 2.45) is 0 Å². The van der Waals surface area contributed by atoms with E-state index in [-0.39, 0.29) is 88.4 Å². The number of allylic oxidation sites excluding steroid dienone is 2. The summed E-state index contributed by atoms with van der Waals surface area (Å²) in [5.74, 6) is 8.70. The molecule has 486 valence electrons. The lowest BCUT2D eigenvalue weighted by molar-refractivity contribution is -0.336. The second-order valence-corrected chi connectivity index (χ2v) is 26.0. The highest BCUT2D eigenvalue weighted by Gasteiger charge is 2.57. The number of amides is 2. The molecule has 4 aliphatic heterocycles. The lowest BCUT2D eigenvalue weighted by atomic mass is 9.73. The first kappa shape index (κ1) is 70.8. The highest BCUT2D eigenvalue weighted by atomic mass is 33.5. The monoisotopic (exact) mass is 1310 g/mol. The van der Waals surface area contributed by atoms with Gasteiger partial charge in [0.15, 0.2) is 60.2 Å². The molecule has 2 aliphatic carbocycles. The Balaban J connectivity index is 1.23. The van der Waals surface area contributed by atoms with E-state index in [1.807, 2.05) is 26.4 Å². The molecule has 88 heavy (non-hydrogen) atoms. The van der Waals surface area contributed by atoms with Gasteiger partial charge in [-0.3, -0.25) is 19.7 Å². The van der Waals surface area contributed by atoms with Gasteiger partial charge in [-0.1, -0.05) is 64.8 Å². The molecule has 30 heteroatoms. The number of thioether (sulfide) groups is 1. The zero-order valence-electron chi connectivity index (χ0n) is 50.5. The molecule has 0 radical (unpaired) electrons. The van der Waals surface area contributed by atoms with Crippen LogP contribution in [0, 0.1) is 23.7 Å². The number of Topliss-reactive ketones (excluding diaryl/α,β-unsaturated/α-hetero) is 1. The van der Waals surface area contributed by atoms with Gasteiger partial charge in [0.05, 0.1) is 106 Å². The number of ether oxygens (including phenoxy) is 13. The van der Waals surface area contributed by atoms with Crippen LogP contribution in [0.3, 0.4) is 0 Å². The van der Waals surface area contributed by atoms with Crippen LogP contribution in [-0.2, 0) is 66.5 Å². The van der Waals surface area contributed by atoms with Crippen molar-refractivity contribution < 1.29 is 106 Å². The van der Waals surface area contributed by atoms with E-state index in [1.165, 1.54) is 95.7 Å². The Bertz CT molecular complexity index is 2840. The van der Waals surface area contributed by atoms with Gasteiger partial charge in [-0.25, -0.2) is 9.59 Å². The summed E-state index contributed by atoms with van der Waals surface area (Å²) in [4.78, 5) is 62.0. The Morgan fingerprint density at radius 1 is 0.852 bits per heavy atom. The smallest absolute Gasteiger partial charge is 0.411 e. The molecule has 1 aromatic carbocycles. The van der Waals surface area contributed by atoms with Gasteiger partial charge in [-0.15, -0.1) is 0 Å². The second-order valence-electron chi connectivity index (χ2n) is 20.6. The van der Waals surface area contributed by atoms with E-state index in [0.29, 0.717) is 6.54 Å². The van der Waals surface area contributed by atoms with Crippen LogP contribution < -0.4 is 30.9 Å². The number of anilines is 1. The summed E-state index contributed by atoms with van der Waals surface area (Å²) in [5, 5.41) is 56.8. The average Bonchev–Trinajstić information content (AvgIpc) is 0.822. The van der Waals surface area contributed by atoms with Crippen LogP contribution in [0.2, 0.25) is 0 Å². The van der Waals surface area contributed by atoms with Gasteiger partial charge < -0.3 is 92.6 Å². The lowest BCUT2D eigenvalue weighted by Gasteiger charge is -2.47. The predicted molar refractivity (Wildman–Crippen MR) is 325 cm³/mol. The number of hydroxylamine groups is 1. The van der Waals surface area contributed by atoms with Crippen LogP contribution in [0.4, 0.5) is 10.5 Å². The van der Waals surface area contributed by atoms with Crippen molar-refractivity contribution in [2.75, 3.05) is 72.3 Å². The number of alkyl carbamates (subject to hydrolysis) is 1. The summed E-state index contributed by atoms with van der Waals surface area (Å²) in [5.41, 5.74) is -0.847. The van der Waals surface area contributed by atoms with Gasteiger partial charge in [-0.2, -0.15) is 17.2 Å². The van der Waals surface area contributed by atoms with E-state index in [1.54, 1.807) is 20.1 Å². The summed E-state index contributed by atoms with van der Waals surface area (Å²) in [6, 6.07) is 1.36. The van der Waals surface area contributed by atoms with Crippen molar-refractivity contribution in [3.05, 3.63) is 65.1 Å². The molecule has 26 nitrogen and oxygen atoms in total. The summed E-state index contributed by atoms with van der Waals surface area (Å²) in [7, 11) is 10.8. The maximum atomic E-state index is 15.5. The molecule has 1 aromatic rings. The quantitative estimate of drug-likeness (QED) is 0.0133. The molecule has 4 saturated heterocycles. The van der Waals surface area contributed by atoms with E-state index in [2.05, 4.69) is 51.7 Å². The Labute approximate surface area is 526 Å². The zero-order chi connectivity index (χ0) is 64.0. The topological polar surface area (TPSA) is 327 Å². The summed E-state index contributed by atoms with van der Waals surface area (Å²) < 4.78 is 77.6. The number of nitrogens with one attached hydrogen (secondary N) is 4. The molecule has 19 atom stereocenters. The largest absolute Gasteiger partial charge is 0.493 e. The number of methoxy groups -OCH3 is 5. The number of benzene rings is 1. The fourth-order valence-corrected chi connectivity index (χ4v) is 14.0. The Kier molecular flexibility index (Phi) is 26.6. The Morgan fingerprint density at radius 2 is 1.57 bits per heavy atom. The fraction of sp³-hybridized carbons (Fsp3) is 0.621. The number of fused-ring (bicyclic) bond motifs is 2. The molecule has 2 amide bonds. The van der Waals surface area contributed by atoms with Gasteiger partial charge in [-0.05, 0) is 61.8 Å². The third-order valence-corrected chi connectivity index (χ3v) is 20.1. The molecule has 8 N–H and O–H groups in total. The first-order valence-electron chi connectivity index (χ1n) is 28.1. The number of esters is 1. The summed E-state index contributed by atoms with van der Waals surface area (Å²) in [6.07, 6.45) is -11.5. The summed E-state index contributed by atoms with van der Waals surface area (Å²) in [6.45, 7) is 11.3. The van der Waals surface area contributed by atoms with Crippen molar-refractivity contribution >= 4 is 72.6 Å². The average molecular weight is 1310 g/mol. The second kappa shape index (κ2) is 33.1. The zero-order valence-corrected chi connectivity index (χ0v) is 53.8. The molecular weight excluding hydrogens is 1230 g/mol. The summed E-state index contributed by atoms with van der Waals surface area (Å²) >= 11 is 1.47. The first-order chi connectivity index (χ1) is 42.2. The van der Waals surface area contributed by atoms with Crippen molar-refractivity contribution in [3.63, 3.8) is 0 Å². The molecule has 6 aliphatic rings. The lowest BCUT2D eigenvalue weighted by Crippen LogP contribution is -2.65. The van der Waals surface area contributed by atoms with Crippen LogP contribution >= 0.6 is 43.2 Å². The van der Waals surface area contributed by atoms with Crippen LogP contribution in [0.1, 0.15) is 57.3 Å². The molecular formula is C58H78N4O22S4. The highest BCUT2D eigenvalue weighted by Crippen LogP contribution is 2.44. The molecule has 0 aromatic heterocycles. The number of rotatable bonds is 25. The van der Waals surface area contributed by atoms with Gasteiger partial charge in [0.2, 0.25) is 5.78 Å². The minimum Gasteiger partial charge on any atom is -0.493 e. The molecule has 4 heterocycles. The maximum Gasteiger partial charge on any atom is 0.411 e. The Morgan fingerprint density at radius 3 is 2.23 bits per heavy atom. The van der Waals surface area contributed by atoms with Crippen molar-refractivity contribution in [1.82, 2.24) is 16.1 Å². The Hall–Kier alpha value is -4.62. The maximum absolute atomic E-state index is 15.5. The van der Waals surface area contributed by atoms with Gasteiger partial charge in [0.1, 0.15) is 18.3 Å². The number of carbonyl (C=O) groups excluding carboxylic acids is 4. The van der Waals surface area contributed by atoms with Crippen molar-refractivity contribution in [1.29, 1.82) is 0 Å². The van der Waals surface area contributed by atoms with E-state index >= 15 is 4.79 Å². The first-order valence-corrected chi connectivity index (χ1v) is 33.4. The van der Waals surface area contributed by atoms with Crippen LogP contribution in [0.15, 0.2) is 59.5 Å². The van der Waals surface area contributed by atoms with Gasteiger partial charge >= 0.3 is 12.1 Å². The minimum absolute atomic E-state index is 0.0767. The molecule has 17 unspecified atom stereocenters. The third-order valence-electron chi connectivity index (χ3n) is 15.1. The van der Waals surface area contributed by atoms with Crippen molar-refractivity contribution in [3.8, 4) is 35.2 Å². The minimum atomic E-state index is -2.63. The number of carbonyl (C=O) groups is 4. The van der Waals surface area contributed by atoms with E-state index < -0.39 is 128 Å². The van der Waals surface area contributed by atoms with E-state index in [0.717, 1.165) is 7.11 Å². The van der Waals surface area contributed by atoms with E-state index in [9.17, 15) is 34.8 Å². The molecule has 2 bridgehead atoms. The number of likely N-dealkylation sites (N-methyl/N-ethyl adjacent to an activating group) is 1. The predicted octanol–water partition coefficient (Wildman–Crippen LogP) is 3.03. The molecule has 4 fully saturated rings. The number of aliphatic hydroxyl groups excluding tert-OH is 3. The van der Waals surface area contributed by atoms with Crippen LogP contribution in [0.5, 0.6) is 11.5 Å². The number of hydrogen-bond acceptors (Lipinski definition) is 28. The van der Waals surface area contributed by atoms with Crippen LogP contribution in [0.25, 0.3) is 0 Å². The van der Waals surface area contributed by atoms with Gasteiger partial charge in [0.25, 0.3) is 5.91 Å². The van der Waals surface area contributed by atoms with Crippen LogP contribution in [-0.4, -0.2) is 226 Å². The van der Waals surface area contributed by atoms with E-state index in [4.69, 9.17) is 66.4 Å². The normalized spacial score (nSPS) is 34.6.